The second kappa shape index (κ2) is 5.68. The Balaban J connectivity index is 1.73. The van der Waals surface area contributed by atoms with Gasteiger partial charge in [0.2, 0.25) is 11.8 Å². The highest BCUT2D eigenvalue weighted by Crippen LogP contribution is 2.30. The number of piperazine rings is 1. The second-order valence-electron chi connectivity index (χ2n) is 5.80. The first kappa shape index (κ1) is 14.4. The average Bonchev–Trinajstić information content (AvgIpc) is 2.41. The van der Waals surface area contributed by atoms with Gasteiger partial charge in [-0.2, -0.15) is 0 Å². The van der Waals surface area contributed by atoms with Crippen molar-refractivity contribution in [3.8, 4) is 0 Å². The monoisotopic (exact) mass is 306 g/mol. The van der Waals surface area contributed by atoms with E-state index in [0.717, 1.165) is 24.9 Å². The maximum absolute atomic E-state index is 12.6. The molecule has 112 valence electrons. The Morgan fingerprint density at radius 2 is 1.86 bits per heavy atom. The Bertz CT molecular complexity index is 554. The van der Waals surface area contributed by atoms with Crippen molar-refractivity contribution < 1.29 is 9.59 Å². The van der Waals surface area contributed by atoms with Crippen LogP contribution in [-0.4, -0.2) is 35.8 Å². The number of carbonyl (C=O) groups is 2. The van der Waals surface area contributed by atoms with E-state index >= 15 is 0 Å². The molecule has 21 heavy (non-hydrogen) atoms. The highest BCUT2D eigenvalue weighted by Gasteiger charge is 2.38. The summed E-state index contributed by atoms with van der Waals surface area (Å²) < 4.78 is 0. The Hall–Kier alpha value is -1.55. The van der Waals surface area contributed by atoms with Crippen LogP contribution in [0.5, 0.6) is 0 Å². The lowest BCUT2D eigenvalue weighted by atomic mass is 9.84. The zero-order chi connectivity index (χ0) is 15.0. The number of hydrogen-bond acceptors (Lipinski definition) is 2. The van der Waals surface area contributed by atoms with Gasteiger partial charge in [-0.3, -0.25) is 9.59 Å². The minimum Gasteiger partial charge on any atom is -0.329 e. The van der Waals surface area contributed by atoms with Crippen LogP contribution in [0.25, 0.3) is 0 Å². The average molecular weight is 307 g/mol. The van der Waals surface area contributed by atoms with Gasteiger partial charge < -0.3 is 9.80 Å². The van der Waals surface area contributed by atoms with E-state index in [1.54, 1.807) is 21.9 Å². The fourth-order valence-electron chi connectivity index (χ4n) is 2.94. The molecule has 1 heterocycles. The lowest BCUT2D eigenvalue weighted by Crippen LogP contribution is -2.59. The smallest absolute Gasteiger partial charge is 0.249 e. The highest BCUT2D eigenvalue weighted by molar-refractivity contribution is 6.30. The minimum absolute atomic E-state index is 0.0174. The Morgan fingerprint density at radius 3 is 2.43 bits per heavy atom. The standard InChI is InChI=1S/C16H19ClN2O2/c1-11-15(20)19(14-7-5-13(17)6-8-14)10-9-18(11)16(21)12-3-2-4-12/h5-8,11-12H,2-4,9-10H2,1H3. The molecule has 0 aromatic heterocycles. The molecule has 4 nitrogen and oxygen atoms in total. The van der Waals surface area contributed by atoms with Crippen molar-refractivity contribution in [3.05, 3.63) is 29.3 Å². The van der Waals surface area contributed by atoms with Crippen LogP contribution >= 0.6 is 11.6 Å². The molecule has 1 saturated carbocycles. The summed E-state index contributed by atoms with van der Waals surface area (Å²) in [7, 11) is 0. The lowest BCUT2D eigenvalue weighted by Gasteiger charge is -2.41. The number of nitrogens with zero attached hydrogens (tertiary/aromatic N) is 2. The summed E-state index contributed by atoms with van der Waals surface area (Å²) >= 11 is 5.88. The van der Waals surface area contributed by atoms with Gasteiger partial charge in [-0.15, -0.1) is 0 Å². The Labute approximate surface area is 129 Å². The summed E-state index contributed by atoms with van der Waals surface area (Å²) in [5, 5.41) is 0.651. The number of hydrogen-bond donors (Lipinski definition) is 0. The van der Waals surface area contributed by atoms with Crippen LogP contribution in [0.1, 0.15) is 26.2 Å². The molecule has 1 saturated heterocycles. The van der Waals surface area contributed by atoms with Crippen molar-refractivity contribution in [1.82, 2.24) is 4.90 Å². The van der Waals surface area contributed by atoms with Crippen LogP contribution in [0.3, 0.4) is 0 Å². The van der Waals surface area contributed by atoms with Crippen LogP contribution < -0.4 is 4.90 Å². The molecular weight excluding hydrogens is 288 g/mol. The van der Waals surface area contributed by atoms with E-state index < -0.39 is 0 Å². The molecule has 2 fully saturated rings. The third kappa shape index (κ3) is 2.64. The van der Waals surface area contributed by atoms with Crippen LogP contribution in [0.15, 0.2) is 24.3 Å². The molecule has 2 amide bonds. The zero-order valence-electron chi connectivity index (χ0n) is 12.1. The Kier molecular flexibility index (Phi) is 3.89. The summed E-state index contributed by atoms with van der Waals surface area (Å²) in [6.07, 6.45) is 3.07. The summed E-state index contributed by atoms with van der Waals surface area (Å²) in [6, 6.07) is 6.86. The van der Waals surface area contributed by atoms with E-state index in [0.29, 0.717) is 18.1 Å². The predicted octanol–water partition coefficient (Wildman–Crippen LogP) is 2.70. The van der Waals surface area contributed by atoms with E-state index in [1.807, 2.05) is 19.1 Å². The molecule has 0 bridgehead atoms. The van der Waals surface area contributed by atoms with Crippen molar-refractivity contribution >= 4 is 29.1 Å². The lowest BCUT2D eigenvalue weighted by molar-refractivity contribution is -0.146. The fraction of sp³-hybridized carbons (Fsp3) is 0.500. The maximum atomic E-state index is 12.6. The molecule has 0 radical (unpaired) electrons. The first-order chi connectivity index (χ1) is 10.1. The number of anilines is 1. The molecule has 1 aromatic carbocycles. The van der Waals surface area contributed by atoms with Gasteiger partial charge in [-0.25, -0.2) is 0 Å². The largest absolute Gasteiger partial charge is 0.329 e. The molecule has 2 aliphatic rings. The van der Waals surface area contributed by atoms with Crippen molar-refractivity contribution in [2.75, 3.05) is 18.0 Å². The van der Waals surface area contributed by atoms with Gasteiger partial charge >= 0.3 is 0 Å². The van der Waals surface area contributed by atoms with Crippen LogP contribution in [0, 0.1) is 5.92 Å². The molecular formula is C16H19ClN2O2. The number of benzene rings is 1. The SMILES string of the molecule is CC1C(=O)N(c2ccc(Cl)cc2)CCN1C(=O)C1CCC1. The number of amides is 2. The zero-order valence-corrected chi connectivity index (χ0v) is 12.8. The predicted molar refractivity (Wildman–Crippen MR) is 82.3 cm³/mol. The second-order valence-corrected chi connectivity index (χ2v) is 6.24. The van der Waals surface area contributed by atoms with Gasteiger partial charge in [0.1, 0.15) is 6.04 Å². The van der Waals surface area contributed by atoms with Gasteiger partial charge in [0.05, 0.1) is 0 Å². The van der Waals surface area contributed by atoms with Crippen molar-refractivity contribution in [1.29, 1.82) is 0 Å². The molecule has 1 atom stereocenters. The third-order valence-electron chi connectivity index (χ3n) is 4.53. The number of halogens is 1. The topological polar surface area (TPSA) is 40.6 Å². The summed E-state index contributed by atoms with van der Waals surface area (Å²) in [5.74, 6) is 0.274. The quantitative estimate of drug-likeness (QED) is 0.843. The van der Waals surface area contributed by atoms with Gasteiger partial charge in [-0.1, -0.05) is 18.0 Å². The first-order valence-corrected chi connectivity index (χ1v) is 7.83. The van der Waals surface area contributed by atoms with Crippen molar-refractivity contribution in [3.63, 3.8) is 0 Å². The summed E-state index contributed by atoms with van der Waals surface area (Å²) in [6.45, 7) is 2.97. The fourth-order valence-corrected chi connectivity index (χ4v) is 3.06. The molecule has 3 rings (SSSR count). The summed E-state index contributed by atoms with van der Waals surface area (Å²) in [4.78, 5) is 28.4. The van der Waals surface area contributed by atoms with E-state index in [1.165, 1.54) is 0 Å². The summed E-state index contributed by atoms with van der Waals surface area (Å²) in [5.41, 5.74) is 0.840. The van der Waals surface area contributed by atoms with Gasteiger partial charge in [0, 0.05) is 29.7 Å². The van der Waals surface area contributed by atoms with Crippen molar-refractivity contribution in [2.24, 2.45) is 5.92 Å². The van der Waals surface area contributed by atoms with Gasteiger partial charge in [-0.05, 0) is 44.0 Å². The molecule has 5 heteroatoms. The molecule has 1 unspecified atom stereocenters. The molecule has 1 aromatic rings. The molecule has 0 spiro atoms. The van der Waals surface area contributed by atoms with E-state index in [4.69, 9.17) is 11.6 Å². The number of rotatable bonds is 2. The minimum atomic E-state index is -0.387. The Morgan fingerprint density at radius 1 is 1.19 bits per heavy atom. The molecule has 0 N–H and O–H groups in total. The molecule has 1 aliphatic heterocycles. The first-order valence-electron chi connectivity index (χ1n) is 7.45. The van der Waals surface area contributed by atoms with Gasteiger partial charge in [0.25, 0.3) is 0 Å². The highest BCUT2D eigenvalue weighted by atomic mass is 35.5. The maximum Gasteiger partial charge on any atom is 0.249 e. The van der Waals surface area contributed by atoms with Crippen LogP contribution in [-0.2, 0) is 9.59 Å². The number of carbonyl (C=O) groups excluding carboxylic acids is 2. The third-order valence-corrected chi connectivity index (χ3v) is 4.78. The van der Waals surface area contributed by atoms with Crippen LogP contribution in [0.2, 0.25) is 5.02 Å². The van der Waals surface area contributed by atoms with E-state index in [-0.39, 0.29) is 23.8 Å². The van der Waals surface area contributed by atoms with Crippen molar-refractivity contribution in [2.45, 2.75) is 32.2 Å². The normalized spacial score (nSPS) is 23.1. The van der Waals surface area contributed by atoms with Crippen LogP contribution in [0.4, 0.5) is 5.69 Å². The van der Waals surface area contributed by atoms with Gasteiger partial charge in [0.15, 0.2) is 0 Å². The van der Waals surface area contributed by atoms with E-state index in [9.17, 15) is 9.59 Å². The molecule has 1 aliphatic carbocycles. The van der Waals surface area contributed by atoms with E-state index in [2.05, 4.69) is 0 Å².